The van der Waals surface area contributed by atoms with E-state index < -0.39 is 4.92 Å². The van der Waals surface area contributed by atoms with Gasteiger partial charge in [0.25, 0.3) is 11.6 Å². The van der Waals surface area contributed by atoms with Gasteiger partial charge in [-0.25, -0.2) is 0 Å². The monoisotopic (exact) mass is 480 g/mol. The first kappa shape index (κ1) is 16.4. The molecule has 0 saturated heterocycles. The molecule has 2 rings (SSSR count). The molecule has 1 amide bonds. The summed E-state index contributed by atoms with van der Waals surface area (Å²) in [7, 11) is 1.69. The molecule has 0 radical (unpaired) electrons. The van der Waals surface area contributed by atoms with Crippen LogP contribution in [0.15, 0.2) is 34.1 Å². The Balaban J connectivity index is 2.22. The van der Waals surface area contributed by atoms with Crippen molar-refractivity contribution in [3.05, 3.63) is 58.2 Å². The second-order valence-corrected chi connectivity index (χ2v) is 7.39. The van der Waals surface area contributed by atoms with Crippen molar-refractivity contribution in [2.45, 2.75) is 6.54 Å². The van der Waals surface area contributed by atoms with E-state index in [9.17, 15) is 14.9 Å². The van der Waals surface area contributed by atoms with Crippen LogP contribution in [-0.2, 0) is 6.54 Å². The Labute approximate surface area is 147 Å². The number of thiophene rings is 1. The number of nitrogens with zero attached hydrogens (tertiary/aromatic N) is 2. The Hall–Kier alpha value is -1.00. The molecule has 0 aliphatic carbocycles. The summed E-state index contributed by atoms with van der Waals surface area (Å²) in [6.45, 7) is 0.466. The number of nitro groups is 1. The van der Waals surface area contributed by atoms with E-state index in [1.165, 1.54) is 12.1 Å². The molecule has 0 bridgehead atoms. The number of hydrogen-bond acceptors (Lipinski definition) is 4. The number of non-ortho nitro benzene ring substituents is 1. The van der Waals surface area contributed by atoms with Gasteiger partial charge in [-0.2, -0.15) is 0 Å². The third kappa shape index (κ3) is 4.01. The second-order valence-electron chi connectivity index (χ2n) is 4.31. The van der Waals surface area contributed by atoms with Gasteiger partial charge in [0.1, 0.15) is 0 Å². The standard InChI is InChI=1S/C13H10BrIN2O3S/c1-16(6-10-4-8(14)7-21-10)13(18)11-5-9(17(19)20)2-3-12(11)15/h2-5,7H,6H2,1H3. The van der Waals surface area contributed by atoms with Gasteiger partial charge in [-0.3, -0.25) is 14.9 Å². The zero-order valence-electron chi connectivity index (χ0n) is 10.9. The number of rotatable bonds is 4. The van der Waals surface area contributed by atoms with Crippen molar-refractivity contribution >= 4 is 61.5 Å². The number of benzene rings is 1. The minimum Gasteiger partial charge on any atom is -0.337 e. The van der Waals surface area contributed by atoms with E-state index >= 15 is 0 Å². The summed E-state index contributed by atoms with van der Waals surface area (Å²) in [5.74, 6) is -0.229. The molecule has 8 heteroatoms. The molecule has 0 saturated carbocycles. The maximum atomic E-state index is 12.4. The molecular weight excluding hydrogens is 471 g/mol. The van der Waals surface area contributed by atoms with E-state index in [4.69, 9.17) is 0 Å². The molecule has 110 valence electrons. The van der Waals surface area contributed by atoms with Gasteiger partial charge in [0.2, 0.25) is 0 Å². The van der Waals surface area contributed by atoms with Crippen LogP contribution in [0.25, 0.3) is 0 Å². The molecule has 1 aromatic heterocycles. The SMILES string of the molecule is CN(Cc1cc(Br)cs1)C(=O)c1cc([N+](=O)[O-])ccc1I. The number of hydrogen-bond donors (Lipinski definition) is 0. The van der Waals surface area contributed by atoms with Crippen molar-refractivity contribution in [3.63, 3.8) is 0 Å². The fourth-order valence-corrected chi connectivity index (χ4v) is 3.81. The maximum absolute atomic E-state index is 12.4. The quantitative estimate of drug-likeness (QED) is 0.372. The number of halogens is 2. The van der Waals surface area contributed by atoms with Gasteiger partial charge in [-0.1, -0.05) is 0 Å². The Kier molecular flexibility index (Phi) is 5.33. The zero-order chi connectivity index (χ0) is 15.6. The minimum absolute atomic E-state index is 0.0777. The van der Waals surface area contributed by atoms with Gasteiger partial charge >= 0.3 is 0 Å². The fraction of sp³-hybridized carbons (Fsp3) is 0.154. The first-order chi connectivity index (χ1) is 9.88. The van der Waals surface area contributed by atoms with E-state index in [1.54, 1.807) is 29.4 Å². The average Bonchev–Trinajstić information content (AvgIpc) is 2.83. The first-order valence-electron chi connectivity index (χ1n) is 5.81. The van der Waals surface area contributed by atoms with Crippen LogP contribution in [-0.4, -0.2) is 22.8 Å². The predicted octanol–water partition coefficient (Wildman–Crippen LogP) is 4.30. The minimum atomic E-state index is -0.497. The summed E-state index contributed by atoms with van der Waals surface area (Å²) in [5, 5.41) is 12.8. The Bertz CT molecular complexity index is 704. The van der Waals surface area contributed by atoms with Crippen LogP contribution in [0.1, 0.15) is 15.2 Å². The van der Waals surface area contributed by atoms with Crippen molar-refractivity contribution in [2.75, 3.05) is 7.05 Å². The van der Waals surface area contributed by atoms with E-state index in [2.05, 4.69) is 15.9 Å². The highest BCUT2D eigenvalue weighted by atomic mass is 127. The van der Waals surface area contributed by atoms with Gasteiger partial charge < -0.3 is 4.90 Å². The predicted molar refractivity (Wildman–Crippen MR) is 93.6 cm³/mol. The van der Waals surface area contributed by atoms with E-state index in [1.807, 2.05) is 34.0 Å². The molecule has 2 aromatic rings. The van der Waals surface area contributed by atoms with Gasteiger partial charge in [0, 0.05) is 37.5 Å². The third-order valence-corrected chi connectivity index (χ3v) is 5.38. The molecule has 0 aliphatic heterocycles. The summed E-state index contributed by atoms with van der Waals surface area (Å²) >= 11 is 6.93. The van der Waals surface area contributed by atoms with Crippen LogP contribution >= 0.6 is 49.9 Å². The smallest absolute Gasteiger partial charge is 0.270 e. The molecule has 0 aliphatic rings. The van der Waals surface area contributed by atoms with Crippen LogP contribution in [0.5, 0.6) is 0 Å². The normalized spacial score (nSPS) is 10.4. The largest absolute Gasteiger partial charge is 0.337 e. The maximum Gasteiger partial charge on any atom is 0.270 e. The molecular formula is C13H10BrIN2O3S. The van der Waals surface area contributed by atoms with Crippen molar-refractivity contribution in [1.29, 1.82) is 0 Å². The molecule has 0 spiro atoms. The van der Waals surface area contributed by atoms with Gasteiger partial charge in [-0.15, -0.1) is 11.3 Å². The summed E-state index contributed by atoms with van der Waals surface area (Å²) in [4.78, 5) is 25.4. The van der Waals surface area contributed by atoms with Crippen LogP contribution in [0, 0.1) is 13.7 Å². The topological polar surface area (TPSA) is 63.5 Å². The molecule has 0 atom stereocenters. The molecule has 0 fully saturated rings. The van der Waals surface area contributed by atoms with E-state index in [0.29, 0.717) is 15.7 Å². The summed E-state index contributed by atoms with van der Waals surface area (Å²) in [6, 6.07) is 6.26. The van der Waals surface area contributed by atoms with Gasteiger partial charge in [0.05, 0.1) is 17.0 Å². The lowest BCUT2D eigenvalue weighted by molar-refractivity contribution is -0.384. The molecule has 21 heavy (non-hydrogen) atoms. The van der Waals surface area contributed by atoms with Crippen LogP contribution in [0.2, 0.25) is 0 Å². The number of carbonyl (C=O) groups excluding carboxylic acids is 1. The van der Waals surface area contributed by atoms with Gasteiger partial charge in [0.15, 0.2) is 0 Å². The van der Waals surface area contributed by atoms with Crippen molar-refractivity contribution in [2.24, 2.45) is 0 Å². The fourth-order valence-electron chi connectivity index (χ4n) is 1.74. The summed E-state index contributed by atoms with van der Waals surface area (Å²) in [5.41, 5.74) is 0.272. The zero-order valence-corrected chi connectivity index (χ0v) is 15.4. The van der Waals surface area contributed by atoms with Crippen LogP contribution < -0.4 is 0 Å². The summed E-state index contributed by atoms with van der Waals surface area (Å²) in [6.07, 6.45) is 0. The van der Waals surface area contributed by atoms with Gasteiger partial charge in [-0.05, 0) is 50.7 Å². The third-order valence-electron chi connectivity index (χ3n) is 2.75. The number of nitro benzene ring substituents is 1. The Morgan fingerprint density at radius 2 is 2.19 bits per heavy atom. The van der Waals surface area contributed by atoms with Crippen molar-refractivity contribution in [1.82, 2.24) is 4.90 Å². The van der Waals surface area contributed by atoms with Crippen LogP contribution in [0.4, 0.5) is 5.69 Å². The highest BCUT2D eigenvalue weighted by Crippen LogP contribution is 2.24. The van der Waals surface area contributed by atoms with Crippen LogP contribution in [0.3, 0.4) is 0 Å². The average molecular weight is 481 g/mol. The number of carbonyl (C=O) groups is 1. The first-order valence-corrected chi connectivity index (χ1v) is 8.56. The van der Waals surface area contributed by atoms with E-state index in [0.717, 1.165) is 9.35 Å². The molecule has 0 N–H and O–H groups in total. The lowest BCUT2D eigenvalue weighted by Gasteiger charge is -2.17. The molecule has 1 heterocycles. The molecule has 5 nitrogen and oxygen atoms in total. The molecule has 1 aromatic carbocycles. The second kappa shape index (κ2) is 6.84. The molecule has 0 unspecified atom stereocenters. The Morgan fingerprint density at radius 1 is 1.48 bits per heavy atom. The summed E-state index contributed by atoms with van der Waals surface area (Å²) < 4.78 is 1.68. The Morgan fingerprint density at radius 3 is 2.76 bits per heavy atom. The lowest BCUT2D eigenvalue weighted by Crippen LogP contribution is -2.26. The van der Waals surface area contributed by atoms with Crippen molar-refractivity contribution < 1.29 is 9.72 Å². The number of amides is 1. The van der Waals surface area contributed by atoms with Crippen molar-refractivity contribution in [3.8, 4) is 0 Å². The highest BCUT2D eigenvalue weighted by molar-refractivity contribution is 14.1. The highest BCUT2D eigenvalue weighted by Gasteiger charge is 2.19. The van der Waals surface area contributed by atoms with E-state index in [-0.39, 0.29) is 11.6 Å². The lowest BCUT2D eigenvalue weighted by atomic mass is 10.2.